The first kappa shape index (κ1) is 18.7. The topological polar surface area (TPSA) is 55.4 Å². The van der Waals surface area contributed by atoms with Crippen LogP contribution in [0.3, 0.4) is 0 Å². The van der Waals surface area contributed by atoms with E-state index in [1.54, 1.807) is 6.92 Å². The van der Waals surface area contributed by atoms with Crippen molar-refractivity contribution in [2.24, 2.45) is 5.92 Å². The Labute approximate surface area is 154 Å². The highest BCUT2D eigenvalue weighted by atomic mass is 79.9. The quantitative estimate of drug-likeness (QED) is 0.654. The maximum atomic E-state index is 12.4. The molecule has 2 rings (SSSR count). The van der Waals surface area contributed by atoms with E-state index >= 15 is 0 Å². The van der Waals surface area contributed by atoms with Crippen molar-refractivity contribution in [2.75, 3.05) is 11.9 Å². The summed E-state index contributed by atoms with van der Waals surface area (Å²) in [5.41, 5.74) is 2.09. The molecule has 0 saturated heterocycles. The number of anilines is 1. The van der Waals surface area contributed by atoms with Crippen LogP contribution in [0.5, 0.6) is 0 Å². The maximum absolute atomic E-state index is 12.4. The first-order chi connectivity index (χ1) is 11.4. The predicted molar refractivity (Wildman–Crippen MR) is 101 cm³/mol. The van der Waals surface area contributed by atoms with Gasteiger partial charge in [0.1, 0.15) is 10.6 Å². The molecule has 4 nitrogen and oxygen atoms in total. The van der Waals surface area contributed by atoms with Gasteiger partial charge in [-0.15, -0.1) is 11.3 Å². The predicted octanol–water partition coefficient (Wildman–Crippen LogP) is 5.34. The summed E-state index contributed by atoms with van der Waals surface area (Å²) in [6.07, 6.45) is 0.410. The minimum Gasteiger partial charge on any atom is -0.462 e. The Morgan fingerprint density at radius 1 is 1.25 bits per heavy atom. The van der Waals surface area contributed by atoms with Crippen LogP contribution in [0, 0.1) is 5.92 Å². The minimum absolute atomic E-state index is 0.0974. The van der Waals surface area contributed by atoms with Crippen LogP contribution in [0.15, 0.2) is 34.1 Å². The average molecular weight is 410 g/mol. The zero-order chi connectivity index (χ0) is 17.7. The molecule has 1 amide bonds. The fourth-order valence-corrected chi connectivity index (χ4v) is 3.48. The number of carbonyl (C=O) groups is 2. The Bertz CT molecular complexity index is 722. The third kappa shape index (κ3) is 4.68. The van der Waals surface area contributed by atoms with E-state index in [-0.39, 0.29) is 18.4 Å². The number of amides is 1. The summed E-state index contributed by atoms with van der Waals surface area (Å²) < 4.78 is 6.15. The molecule has 2 aromatic rings. The third-order valence-electron chi connectivity index (χ3n) is 3.27. The van der Waals surface area contributed by atoms with E-state index in [1.807, 2.05) is 43.5 Å². The standard InChI is InChI=1S/C18H20BrNO3S/c1-4-23-18(22)16-14(12-5-7-13(19)8-6-12)10-24-17(16)20-15(21)9-11(2)3/h5-8,10-11H,4,9H2,1-3H3,(H,20,21). The normalized spacial score (nSPS) is 10.7. The van der Waals surface area contributed by atoms with Gasteiger partial charge < -0.3 is 10.1 Å². The number of hydrogen-bond donors (Lipinski definition) is 1. The fraction of sp³-hybridized carbons (Fsp3) is 0.333. The summed E-state index contributed by atoms with van der Waals surface area (Å²) in [6.45, 7) is 6.01. The molecule has 0 saturated carbocycles. The number of halogens is 1. The lowest BCUT2D eigenvalue weighted by molar-refractivity contribution is -0.116. The molecule has 1 heterocycles. The number of esters is 1. The second kappa shape index (κ2) is 8.44. The van der Waals surface area contributed by atoms with Crippen LogP contribution in [-0.4, -0.2) is 18.5 Å². The Morgan fingerprint density at radius 3 is 2.50 bits per heavy atom. The van der Waals surface area contributed by atoms with E-state index < -0.39 is 5.97 Å². The molecule has 0 bridgehead atoms. The first-order valence-electron chi connectivity index (χ1n) is 7.76. The van der Waals surface area contributed by atoms with Gasteiger partial charge in [-0.05, 0) is 30.5 Å². The van der Waals surface area contributed by atoms with E-state index in [2.05, 4.69) is 21.2 Å². The third-order valence-corrected chi connectivity index (χ3v) is 4.70. The molecular weight excluding hydrogens is 390 g/mol. The molecule has 24 heavy (non-hydrogen) atoms. The highest BCUT2D eigenvalue weighted by Gasteiger charge is 2.22. The van der Waals surface area contributed by atoms with Crippen molar-refractivity contribution < 1.29 is 14.3 Å². The molecule has 6 heteroatoms. The van der Waals surface area contributed by atoms with Crippen molar-refractivity contribution in [3.8, 4) is 11.1 Å². The summed E-state index contributed by atoms with van der Waals surface area (Å²) >= 11 is 4.75. The van der Waals surface area contributed by atoms with Gasteiger partial charge in [-0.2, -0.15) is 0 Å². The highest BCUT2D eigenvalue weighted by molar-refractivity contribution is 9.10. The van der Waals surface area contributed by atoms with Crippen LogP contribution in [0.2, 0.25) is 0 Å². The van der Waals surface area contributed by atoms with Gasteiger partial charge in [-0.3, -0.25) is 4.79 Å². The molecule has 0 aliphatic heterocycles. The van der Waals surface area contributed by atoms with Gasteiger partial charge in [0.05, 0.1) is 6.61 Å². The molecular formula is C18H20BrNO3S. The van der Waals surface area contributed by atoms with Crippen molar-refractivity contribution in [2.45, 2.75) is 27.2 Å². The van der Waals surface area contributed by atoms with Crippen molar-refractivity contribution in [1.82, 2.24) is 0 Å². The lowest BCUT2D eigenvalue weighted by Crippen LogP contribution is -2.16. The number of carbonyl (C=O) groups excluding carboxylic acids is 2. The lowest BCUT2D eigenvalue weighted by atomic mass is 10.0. The molecule has 0 aliphatic carbocycles. The number of nitrogens with one attached hydrogen (secondary N) is 1. The smallest absolute Gasteiger partial charge is 0.341 e. The van der Waals surface area contributed by atoms with Crippen molar-refractivity contribution >= 4 is 44.1 Å². The highest BCUT2D eigenvalue weighted by Crippen LogP contribution is 2.36. The summed E-state index contributed by atoms with van der Waals surface area (Å²) in [5.74, 6) is -0.266. The summed E-state index contributed by atoms with van der Waals surface area (Å²) in [7, 11) is 0. The maximum Gasteiger partial charge on any atom is 0.341 e. The SMILES string of the molecule is CCOC(=O)c1c(-c2ccc(Br)cc2)csc1NC(=O)CC(C)C. The largest absolute Gasteiger partial charge is 0.462 e. The molecule has 0 fully saturated rings. The lowest BCUT2D eigenvalue weighted by Gasteiger charge is -2.09. The van der Waals surface area contributed by atoms with E-state index in [0.29, 0.717) is 17.0 Å². The van der Waals surface area contributed by atoms with Crippen LogP contribution < -0.4 is 5.32 Å². The van der Waals surface area contributed by atoms with Crippen LogP contribution in [0.1, 0.15) is 37.6 Å². The second-order valence-corrected chi connectivity index (χ2v) is 7.52. The zero-order valence-electron chi connectivity index (χ0n) is 13.9. The summed E-state index contributed by atoms with van der Waals surface area (Å²) in [4.78, 5) is 24.5. The number of benzene rings is 1. The van der Waals surface area contributed by atoms with E-state index in [9.17, 15) is 9.59 Å². The summed E-state index contributed by atoms with van der Waals surface area (Å²) in [5, 5.41) is 5.27. The molecule has 0 aliphatic rings. The van der Waals surface area contributed by atoms with E-state index in [4.69, 9.17) is 4.74 Å². The van der Waals surface area contributed by atoms with Crippen LogP contribution in [-0.2, 0) is 9.53 Å². The minimum atomic E-state index is -0.420. The van der Waals surface area contributed by atoms with E-state index in [1.165, 1.54) is 11.3 Å². The molecule has 0 atom stereocenters. The number of hydrogen-bond acceptors (Lipinski definition) is 4. The Hall–Kier alpha value is -1.66. The first-order valence-corrected chi connectivity index (χ1v) is 9.44. The van der Waals surface area contributed by atoms with Gasteiger partial charge in [0.2, 0.25) is 5.91 Å². The van der Waals surface area contributed by atoms with Crippen molar-refractivity contribution in [3.63, 3.8) is 0 Å². The molecule has 1 N–H and O–H groups in total. The number of rotatable bonds is 6. The monoisotopic (exact) mass is 409 g/mol. The number of ether oxygens (including phenoxy) is 1. The van der Waals surface area contributed by atoms with Gasteiger partial charge in [0.15, 0.2) is 0 Å². The Balaban J connectivity index is 2.39. The molecule has 0 radical (unpaired) electrons. The molecule has 1 aromatic carbocycles. The zero-order valence-corrected chi connectivity index (χ0v) is 16.3. The van der Waals surface area contributed by atoms with Crippen LogP contribution in [0.25, 0.3) is 11.1 Å². The average Bonchev–Trinajstić information content (AvgIpc) is 2.91. The van der Waals surface area contributed by atoms with Gasteiger partial charge in [-0.1, -0.05) is 41.9 Å². The van der Waals surface area contributed by atoms with Gasteiger partial charge in [0.25, 0.3) is 0 Å². The van der Waals surface area contributed by atoms with Crippen molar-refractivity contribution in [3.05, 3.63) is 39.7 Å². The van der Waals surface area contributed by atoms with Crippen LogP contribution >= 0.6 is 27.3 Å². The molecule has 128 valence electrons. The van der Waals surface area contributed by atoms with Crippen LogP contribution in [0.4, 0.5) is 5.00 Å². The number of thiophene rings is 1. The molecule has 0 unspecified atom stereocenters. The van der Waals surface area contributed by atoms with Gasteiger partial charge in [-0.25, -0.2) is 4.79 Å². The molecule has 1 aromatic heterocycles. The Morgan fingerprint density at radius 2 is 1.92 bits per heavy atom. The van der Waals surface area contributed by atoms with Gasteiger partial charge >= 0.3 is 5.97 Å². The molecule has 0 spiro atoms. The van der Waals surface area contributed by atoms with Crippen molar-refractivity contribution in [1.29, 1.82) is 0 Å². The fourth-order valence-electron chi connectivity index (χ4n) is 2.25. The van der Waals surface area contributed by atoms with E-state index in [0.717, 1.165) is 15.6 Å². The summed E-state index contributed by atoms with van der Waals surface area (Å²) in [6, 6.07) is 7.68. The second-order valence-electron chi connectivity index (χ2n) is 5.73. The van der Waals surface area contributed by atoms with Gasteiger partial charge in [0, 0.05) is 21.8 Å². The Kier molecular flexibility index (Phi) is 6.57.